The standard InChI is InChI=1S/C11H19NO2S/c1-2-14-11(13)10(12)8-15-9-6-4-3-5-7-9/h4,6,9-10H,2-3,5,7-8,12H2,1H3. The van der Waals surface area contributed by atoms with Crippen molar-refractivity contribution in [1.82, 2.24) is 0 Å². The van der Waals surface area contributed by atoms with Crippen LogP contribution in [0.4, 0.5) is 0 Å². The number of hydrogen-bond acceptors (Lipinski definition) is 4. The lowest BCUT2D eigenvalue weighted by Gasteiger charge is -2.17. The average Bonchev–Trinajstić information content (AvgIpc) is 2.27. The van der Waals surface area contributed by atoms with Crippen molar-refractivity contribution in [2.75, 3.05) is 12.4 Å². The minimum absolute atomic E-state index is 0.287. The molecule has 2 N–H and O–H groups in total. The van der Waals surface area contributed by atoms with Crippen molar-refractivity contribution in [3.63, 3.8) is 0 Å². The molecule has 15 heavy (non-hydrogen) atoms. The molecule has 0 aliphatic heterocycles. The van der Waals surface area contributed by atoms with E-state index in [9.17, 15) is 4.79 Å². The summed E-state index contributed by atoms with van der Waals surface area (Å²) in [6.07, 6.45) is 8.03. The number of carbonyl (C=O) groups excluding carboxylic acids is 1. The maximum Gasteiger partial charge on any atom is 0.323 e. The Bertz CT molecular complexity index is 231. The van der Waals surface area contributed by atoms with Gasteiger partial charge < -0.3 is 10.5 Å². The number of carbonyl (C=O) groups is 1. The van der Waals surface area contributed by atoms with Crippen LogP contribution in [0.1, 0.15) is 26.2 Å². The van der Waals surface area contributed by atoms with Gasteiger partial charge in [-0.15, -0.1) is 0 Å². The number of thioether (sulfide) groups is 1. The van der Waals surface area contributed by atoms with Crippen LogP contribution in [0.3, 0.4) is 0 Å². The minimum atomic E-state index is -0.481. The lowest BCUT2D eigenvalue weighted by Crippen LogP contribution is -2.35. The smallest absolute Gasteiger partial charge is 0.323 e. The number of allylic oxidation sites excluding steroid dienone is 1. The number of esters is 1. The van der Waals surface area contributed by atoms with Gasteiger partial charge in [-0.1, -0.05) is 12.2 Å². The van der Waals surface area contributed by atoms with Crippen molar-refractivity contribution in [1.29, 1.82) is 0 Å². The van der Waals surface area contributed by atoms with Crippen LogP contribution in [0.2, 0.25) is 0 Å². The van der Waals surface area contributed by atoms with E-state index in [1.165, 1.54) is 19.3 Å². The Morgan fingerprint density at radius 3 is 3.13 bits per heavy atom. The second-order valence-electron chi connectivity index (χ2n) is 3.59. The molecule has 0 bridgehead atoms. The molecule has 0 radical (unpaired) electrons. The third-order valence-electron chi connectivity index (χ3n) is 2.29. The van der Waals surface area contributed by atoms with Crippen LogP contribution in [0, 0.1) is 0 Å². The van der Waals surface area contributed by atoms with Crippen molar-refractivity contribution >= 4 is 17.7 Å². The van der Waals surface area contributed by atoms with E-state index in [1.54, 1.807) is 18.7 Å². The molecule has 2 atom stereocenters. The maximum atomic E-state index is 11.2. The average molecular weight is 229 g/mol. The zero-order chi connectivity index (χ0) is 11.1. The van der Waals surface area contributed by atoms with Crippen molar-refractivity contribution in [2.24, 2.45) is 5.73 Å². The number of ether oxygens (including phenoxy) is 1. The number of rotatable bonds is 5. The van der Waals surface area contributed by atoms with Crippen LogP contribution in [0.25, 0.3) is 0 Å². The lowest BCUT2D eigenvalue weighted by molar-refractivity contribution is -0.144. The summed E-state index contributed by atoms with van der Waals surface area (Å²) in [6.45, 7) is 2.20. The van der Waals surface area contributed by atoms with E-state index in [1.807, 2.05) is 0 Å². The normalized spacial score (nSPS) is 22.4. The summed E-state index contributed by atoms with van der Waals surface area (Å²) in [5, 5.41) is 0.527. The van der Waals surface area contributed by atoms with Gasteiger partial charge in [0.25, 0.3) is 0 Å². The van der Waals surface area contributed by atoms with E-state index in [0.717, 1.165) is 0 Å². The van der Waals surface area contributed by atoms with E-state index in [2.05, 4.69) is 12.2 Å². The van der Waals surface area contributed by atoms with Gasteiger partial charge in [0.15, 0.2) is 0 Å². The lowest BCUT2D eigenvalue weighted by atomic mass is 10.1. The van der Waals surface area contributed by atoms with Gasteiger partial charge in [-0.05, 0) is 26.2 Å². The molecule has 0 saturated heterocycles. The van der Waals surface area contributed by atoms with Gasteiger partial charge >= 0.3 is 5.97 Å². The van der Waals surface area contributed by atoms with E-state index in [4.69, 9.17) is 10.5 Å². The first kappa shape index (κ1) is 12.6. The van der Waals surface area contributed by atoms with Crippen LogP contribution < -0.4 is 5.73 Å². The highest BCUT2D eigenvalue weighted by Crippen LogP contribution is 2.23. The topological polar surface area (TPSA) is 52.3 Å². The van der Waals surface area contributed by atoms with E-state index in [-0.39, 0.29) is 5.97 Å². The number of nitrogens with two attached hydrogens (primary N) is 1. The Morgan fingerprint density at radius 2 is 2.53 bits per heavy atom. The van der Waals surface area contributed by atoms with E-state index < -0.39 is 6.04 Å². The van der Waals surface area contributed by atoms with Gasteiger partial charge in [0.1, 0.15) is 6.04 Å². The fraction of sp³-hybridized carbons (Fsp3) is 0.727. The summed E-state index contributed by atoms with van der Waals surface area (Å²) < 4.78 is 4.85. The van der Waals surface area contributed by atoms with Gasteiger partial charge in [0.05, 0.1) is 6.61 Å². The largest absolute Gasteiger partial charge is 0.465 e. The molecule has 2 unspecified atom stereocenters. The molecule has 0 saturated carbocycles. The zero-order valence-corrected chi connectivity index (χ0v) is 9.96. The molecule has 0 spiro atoms. The molecule has 3 nitrogen and oxygen atoms in total. The molecule has 86 valence electrons. The van der Waals surface area contributed by atoms with Crippen molar-refractivity contribution < 1.29 is 9.53 Å². The molecular formula is C11H19NO2S. The number of hydrogen-bond donors (Lipinski definition) is 1. The van der Waals surface area contributed by atoms with E-state index >= 15 is 0 Å². The Morgan fingerprint density at radius 1 is 1.73 bits per heavy atom. The molecule has 0 aromatic carbocycles. The molecule has 0 amide bonds. The minimum Gasteiger partial charge on any atom is -0.465 e. The Labute approximate surface area is 95.4 Å². The van der Waals surface area contributed by atoms with Crippen LogP contribution in [-0.4, -0.2) is 29.6 Å². The van der Waals surface area contributed by atoms with Gasteiger partial charge in [-0.3, -0.25) is 4.79 Å². The predicted octanol–water partition coefficient (Wildman–Crippen LogP) is 1.72. The fourth-order valence-electron chi connectivity index (χ4n) is 1.46. The Hall–Kier alpha value is -0.480. The molecule has 0 heterocycles. The van der Waals surface area contributed by atoms with Crippen LogP contribution in [-0.2, 0) is 9.53 Å². The summed E-state index contributed by atoms with van der Waals surface area (Å²) >= 11 is 1.75. The van der Waals surface area contributed by atoms with E-state index in [0.29, 0.717) is 17.6 Å². The third-order valence-corrected chi connectivity index (χ3v) is 3.66. The van der Waals surface area contributed by atoms with Crippen LogP contribution >= 0.6 is 11.8 Å². The summed E-state index contributed by atoms with van der Waals surface area (Å²) in [4.78, 5) is 11.2. The molecule has 1 aliphatic carbocycles. The Kier molecular flexibility index (Phi) is 5.79. The second-order valence-corrected chi connectivity index (χ2v) is 4.86. The highest BCUT2D eigenvalue weighted by atomic mass is 32.2. The summed E-state index contributed by atoms with van der Waals surface area (Å²) in [6, 6.07) is -0.481. The molecule has 1 rings (SSSR count). The van der Waals surface area contributed by atoms with Crippen molar-refractivity contribution in [2.45, 2.75) is 37.5 Å². The highest BCUT2D eigenvalue weighted by molar-refractivity contribution is 8.00. The summed E-state index contributed by atoms with van der Waals surface area (Å²) in [5.41, 5.74) is 5.70. The summed E-state index contributed by atoms with van der Waals surface area (Å²) in [5.74, 6) is 0.359. The fourth-order valence-corrected chi connectivity index (χ4v) is 2.61. The second kappa shape index (κ2) is 6.90. The first-order chi connectivity index (χ1) is 7.24. The monoisotopic (exact) mass is 229 g/mol. The predicted molar refractivity (Wildman–Crippen MR) is 63.8 cm³/mol. The van der Waals surface area contributed by atoms with Crippen molar-refractivity contribution in [3.05, 3.63) is 12.2 Å². The van der Waals surface area contributed by atoms with Crippen LogP contribution in [0.15, 0.2) is 12.2 Å². The van der Waals surface area contributed by atoms with Gasteiger partial charge in [-0.25, -0.2) is 0 Å². The quantitative estimate of drug-likeness (QED) is 0.576. The molecule has 4 heteroatoms. The molecule has 1 aliphatic rings. The van der Waals surface area contributed by atoms with Crippen LogP contribution in [0.5, 0.6) is 0 Å². The third kappa shape index (κ3) is 4.71. The first-order valence-electron chi connectivity index (χ1n) is 5.44. The molecule has 0 fully saturated rings. The maximum absolute atomic E-state index is 11.2. The first-order valence-corrected chi connectivity index (χ1v) is 6.49. The Balaban J connectivity index is 2.20. The molecule has 0 aromatic heterocycles. The van der Waals surface area contributed by atoms with Gasteiger partial charge in [0.2, 0.25) is 0 Å². The van der Waals surface area contributed by atoms with Crippen molar-refractivity contribution in [3.8, 4) is 0 Å². The SMILES string of the molecule is CCOC(=O)C(N)CSC1C=CCCC1. The summed E-state index contributed by atoms with van der Waals surface area (Å²) in [7, 11) is 0. The van der Waals surface area contributed by atoms with Gasteiger partial charge in [-0.2, -0.15) is 11.8 Å². The molecule has 0 aromatic rings. The zero-order valence-electron chi connectivity index (χ0n) is 9.15. The van der Waals surface area contributed by atoms with Gasteiger partial charge in [0, 0.05) is 11.0 Å². The highest BCUT2D eigenvalue weighted by Gasteiger charge is 2.17. The molecular weight excluding hydrogens is 210 g/mol.